The van der Waals surface area contributed by atoms with Crippen molar-refractivity contribution in [2.24, 2.45) is 11.8 Å². The number of nitrogens with one attached hydrogen (secondary N) is 1. The third-order valence-corrected chi connectivity index (χ3v) is 4.24. The molecule has 0 saturated heterocycles. The Hall–Kier alpha value is -1.56. The maximum atomic E-state index is 13.0. The summed E-state index contributed by atoms with van der Waals surface area (Å²) < 4.78 is 39.0. The first-order valence-electron chi connectivity index (χ1n) is 7.47. The average molecular weight is 315 g/mol. The van der Waals surface area contributed by atoms with E-state index >= 15 is 0 Å². The number of alkyl halides is 3. The summed E-state index contributed by atoms with van der Waals surface area (Å²) in [6, 6.07) is 6.44. The highest BCUT2D eigenvalue weighted by Gasteiger charge is 2.44. The maximum Gasteiger partial charge on any atom is 0.392 e. The molecule has 122 valence electrons. The summed E-state index contributed by atoms with van der Waals surface area (Å²) in [5.74, 6) is -2.62. The van der Waals surface area contributed by atoms with Crippen molar-refractivity contribution in [2.75, 3.05) is 6.54 Å². The van der Waals surface area contributed by atoms with E-state index < -0.39 is 24.0 Å². The molecule has 0 radical (unpaired) electrons. The predicted octanol–water partition coefficient (Wildman–Crippen LogP) is 3.84. The van der Waals surface area contributed by atoms with Gasteiger partial charge in [-0.15, -0.1) is 0 Å². The summed E-state index contributed by atoms with van der Waals surface area (Å²) in [6.45, 7) is 0.684. The molecule has 0 aromatic heterocycles. The molecule has 0 aliphatic heterocycles. The molecule has 3 nitrogen and oxygen atoms in total. The number of aromatic carboxylic acids is 1. The lowest BCUT2D eigenvalue weighted by Gasteiger charge is -2.33. The Balaban J connectivity index is 1.89. The number of halogens is 3. The minimum absolute atomic E-state index is 0.185. The molecule has 1 aliphatic rings. The first-order valence-corrected chi connectivity index (χ1v) is 7.47. The first kappa shape index (κ1) is 16.8. The van der Waals surface area contributed by atoms with E-state index in [1.165, 1.54) is 12.1 Å². The fourth-order valence-electron chi connectivity index (χ4n) is 3.10. The number of hydrogen-bond donors (Lipinski definition) is 2. The molecule has 0 spiro atoms. The molecule has 0 amide bonds. The quantitative estimate of drug-likeness (QED) is 0.868. The second kappa shape index (κ2) is 7.13. The number of carbonyl (C=O) groups is 1. The van der Waals surface area contributed by atoms with Gasteiger partial charge < -0.3 is 10.4 Å². The molecule has 22 heavy (non-hydrogen) atoms. The Kier molecular flexibility index (Phi) is 5.45. The molecule has 6 heteroatoms. The summed E-state index contributed by atoms with van der Waals surface area (Å²) in [6.07, 6.45) is -1.85. The first-order chi connectivity index (χ1) is 10.4. The molecule has 2 N–H and O–H groups in total. The zero-order valence-electron chi connectivity index (χ0n) is 12.2. The lowest BCUT2D eigenvalue weighted by atomic mass is 9.78. The van der Waals surface area contributed by atoms with Crippen LogP contribution in [0.4, 0.5) is 13.2 Å². The molecule has 1 fully saturated rings. The molecule has 1 aromatic carbocycles. The lowest BCUT2D eigenvalue weighted by molar-refractivity contribution is -0.195. The van der Waals surface area contributed by atoms with Crippen LogP contribution in [0.25, 0.3) is 0 Å². The van der Waals surface area contributed by atoms with Gasteiger partial charge in [0.05, 0.1) is 11.5 Å². The van der Waals surface area contributed by atoms with E-state index in [9.17, 15) is 18.0 Å². The van der Waals surface area contributed by atoms with Gasteiger partial charge in [-0.25, -0.2) is 4.79 Å². The van der Waals surface area contributed by atoms with E-state index in [-0.39, 0.29) is 12.0 Å². The minimum atomic E-state index is -4.13. The van der Waals surface area contributed by atoms with Crippen LogP contribution in [0.2, 0.25) is 0 Å². The molecular weight excluding hydrogens is 295 g/mol. The summed E-state index contributed by atoms with van der Waals surface area (Å²) in [7, 11) is 0. The number of benzene rings is 1. The Bertz CT molecular complexity index is 516. The normalized spacial score (nSPS) is 22.5. The van der Waals surface area contributed by atoms with Gasteiger partial charge in [0.2, 0.25) is 0 Å². The second-order valence-electron chi connectivity index (χ2n) is 5.83. The standard InChI is InChI=1S/C16H20F3NO2/c17-16(18,19)14-7-2-1-5-13(14)10-20-9-11-4-3-6-12(8-11)15(21)22/h3-4,6,8,13-14,20H,1-2,5,7,9-10H2,(H,21,22). The summed E-state index contributed by atoms with van der Waals surface area (Å²) in [5, 5.41) is 12.0. The van der Waals surface area contributed by atoms with E-state index in [1.807, 2.05) is 0 Å². The zero-order valence-corrected chi connectivity index (χ0v) is 12.2. The van der Waals surface area contributed by atoms with Crippen LogP contribution < -0.4 is 5.32 Å². The van der Waals surface area contributed by atoms with E-state index in [0.29, 0.717) is 25.9 Å². The van der Waals surface area contributed by atoms with Crippen molar-refractivity contribution in [1.29, 1.82) is 0 Å². The molecule has 2 unspecified atom stereocenters. The number of carboxylic acids is 1. The molecule has 1 saturated carbocycles. The Labute approximate surface area is 127 Å². The molecule has 2 rings (SSSR count). The average Bonchev–Trinajstić information content (AvgIpc) is 2.47. The van der Waals surface area contributed by atoms with E-state index in [2.05, 4.69) is 5.32 Å². The van der Waals surface area contributed by atoms with Gasteiger partial charge in [0.25, 0.3) is 0 Å². The Morgan fingerprint density at radius 3 is 2.68 bits per heavy atom. The largest absolute Gasteiger partial charge is 0.478 e. The zero-order chi connectivity index (χ0) is 16.2. The highest BCUT2D eigenvalue weighted by molar-refractivity contribution is 5.87. The highest BCUT2D eigenvalue weighted by atomic mass is 19.4. The topological polar surface area (TPSA) is 49.3 Å². The third-order valence-electron chi connectivity index (χ3n) is 4.24. The summed E-state index contributed by atoms with van der Waals surface area (Å²) in [5.41, 5.74) is 0.949. The minimum Gasteiger partial charge on any atom is -0.478 e. The van der Waals surface area contributed by atoms with Crippen LogP contribution in [0.1, 0.15) is 41.6 Å². The van der Waals surface area contributed by atoms with Crippen molar-refractivity contribution in [3.63, 3.8) is 0 Å². The number of hydrogen-bond acceptors (Lipinski definition) is 2. The summed E-state index contributed by atoms with van der Waals surface area (Å²) in [4.78, 5) is 10.9. The molecule has 2 atom stereocenters. The third kappa shape index (κ3) is 4.47. The van der Waals surface area contributed by atoms with Gasteiger partial charge in [-0.1, -0.05) is 25.0 Å². The van der Waals surface area contributed by atoms with Crippen molar-refractivity contribution in [2.45, 2.75) is 38.4 Å². The van der Waals surface area contributed by atoms with Gasteiger partial charge in [0.15, 0.2) is 0 Å². The van der Waals surface area contributed by atoms with Crippen molar-refractivity contribution >= 4 is 5.97 Å². The van der Waals surface area contributed by atoms with Gasteiger partial charge in [-0.2, -0.15) is 13.2 Å². The Morgan fingerprint density at radius 1 is 1.27 bits per heavy atom. The summed E-state index contributed by atoms with van der Waals surface area (Å²) >= 11 is 0. The fraction of sp³-hybridized carbons (Fsp3) is 0.562. The monoisotopic (exact) mass is 315 g/mol. The number of rotatable bonds is 5. The molecule has 0 heterocycles. The smallest absolute Gasteiger partial charge is 0.392 e. The van der Waals surface area contributed by atoms with Gasteiger partial charge in [0.1, 0.15) is 0 Å². The molecule has 1 aromatic rings. The lowest BCUT2D eigenvalue weighted by Crippen LogP contribution is -2.38. The molecular formula is C16H20F3NO2. The predicted molar refractivity (Wildman–Crippen MR) is 76.6 cm³/mol. The van der Waals surface area contributed by atoms with Crippen LogP contribution in [0.5, 0.6) is 0 Å². The van der Waals surface area contributed by atoms with Crippen LogP contribution >= 0.6 is 0 Å². The van der Waals surface area contributed by atoms with Gasteiger partial charge in [0, 0.05) is 6.54 Å². The van der Waals surface area contributed by atoms with Crippen LogP contribution in [0, 0.1) is 11.8 Å². The number of carboxylic acid groups (broad SMARTS) is 1. The Morgan fingerprint density at radius 2 is 2.00 bits per heavy atom. The van der Waals surface area contributed by atoms with Gasteiger partial charge >= 0.3 is 12.1 Å². The van der Waals surface area contributed by atoms with Crippen LogP contribution in [-0.2, 0) is 6.54 Å². The van der Waals surface area contributed by atoms with Crippen LogP contribution in [0.15, 0.2) is 24.3 Å². The van der Waals surface area contributed by atoms with Crippen molar-refractivity contribution in [3.05, 3.63) is 35.4 Å². The van der Waals surface area contributed by atoms with E-state index in [1.54, 1.807) is 12.1 Å². The SMILES string of the molecule is O=C(O)c1cccc(CNCC2CCCCC2C(F)(F)F)c1. The van der Waals surface area contributed by atoms with Crippen LogP contribution in [-0.4, -0.2) is 23.8 Å². The van der Waals surface area contributed by atoms with E-state index in [4.69, 9.17) is 5.11 Å². The van der Waals surface area contributed by atoms with Gasteiger partial charge in [-0.05, 0) is 43.0 Å². The molecule has 0 bridgehead atoms. The van der Waals surface area contributed by atoms with Crippen LogP contribution in [0.3, 0.4) is 0 Å². The van der Waals surface area contributed by atoms with E-state index in [0.717, 1.165) is 12.0 Å². The van der Waals surface area contributed by atoms with Crippen molar-refractivity contribution in [3.8, 4) is 0 Å². The van der Waals surface area contributed by atoms with Crippen molar-refractivity contribution < 1.29 is 23.1 Å². The molecule has 1 aliphatic carbocycles. The highest BCUT2D eigenvalue weighted by Crippen LogP contribution is 2.41. The fourth-order valence-corrected chi connectivity index (χ4v) is 3.10. The second-order valence-corrected chi connectivity index (χ2v) is 5.83. The van der Waals surface area contributed by atoms with Gasteiger partial charge in [-0.3, -0.25) is 0 Å². The van der Waals surface area contributed by atoms with Crippen molar-refractivity contribution in [1.82, 2.24) is 5.32 Å². The maximum absolute atomic E-state index is 13.0.